The van der Waals surface area contributed by atoms with Crippen LogP contribution in [0.15, 0.2) is 0 Å². The van der Waals surface area contributed by atoms with E-state index in [-0.39, 0.29) is 0 Å². The molecule has 1 fully saturated rings. The standard InChI is InChI=1S/C8H2F12O3/c9-3(7(17,18)23-8(19,20)22-3)1-2(21)4(10,5(11,12)13)6(14,15)16/h1H2. The summed E-state index contributed by atoms with van der Waals surface area (Å²) in [4.78, 5) is 10.8. The molecule has 1 atom stereocenters. The normalized spacial score (nSPS) is 28.0. The summed E-state index contributed by atoms with van der Waals surface area (Å²) in [5.41, 5.74) is -6.78. The van der Waals surface area contributed by atoms with Crippen molar-refractivity contribution in [2.45, 2.75) is 42.7 Å². The molecule has 1 saturated heterocycles. The monoisotopic (exact) mass is 374 g/mol. The lowest BCUT2D eigenvalue weighted by Gasteiger charge is -2.30. The van der Waals surface area contributed by atoms with Gasteiger partial charge in [-0.3, -0.25) is 4.79 Å². The molecule has 0 aromatic heterocycles. The lowest BCUT2D eigenvalue weighted by Crippen LogP contribution is -2.61. The molecule has 0 bridgehead atoms. The van der Waals surface area contributed by atoms with E-state index in [9.17, 15) is 57.5 Å². The molecule has 1 heterocycles. The summed E-state index contributed by atoms with van der Waals surface area (Å²) in [7, 11) is 0. The molecule has 0 saturated carbocycles. The van der Waals surface area contributed by atoms with Gasteiger partial charge in [0.25, 0.3) is 0 Å². The molecular formula is C8H2F12O3. The van der Waals surface area contributed by atoms with Crippen LogP contribution < -0.4 is 0 Å². The third kappa shape index (κ3) is 3.07. The van der Waals surface area contributed by atoms with E-state index >= 15 is 0 Å². The second-order valence-electron chi connectivity index (χ2n) is 4.17. The van der Waals surface area contributed by atoms with Crippen LogP contribution in [-0.2, 0) is 14.3 Å². The van der Waals surface area contributed by atoms with Crippen LogP contribution in [-0.4, -0.2) is 42.1 Å². The molecule has 23 heavy (non-hydrogen) atoms. The zero-order chi connectivity index (χ0) is 18.7. The fraction of sp³-hybridized carbons (Fsp3) is 0.875. The Morgan fingerprint density at radius 2 is 1.17 bits per heavy atom. The number of hydrogen-bond donors (Lipinski definition) is 0. The molecule has 0 N–H and O–H groups in total. The molecule has 15 heteroatoms. The Kier molecular flexibility index (Phi) is 4.20. The van der Waals surface area contributed by atoms with Gasteiger partial charge in [0.2, 0.25) is 0 Å². The number of Topliss-reactive ketones (excluding diaryl/α,β-unsaturated/α-hetero) is 1. The topological polar surface area (TPSA) is 35.5 Å². The minimum Gasteiger partial charge on any atom is -0.295 e. The predicted molar refractivity (Wildman–Crippen MR) is 41.5 cm³/mol. The van der Waals surface area contributed by atoms with Gasteiger partial charge in [-0.15, -0.1) is 8.78 Å². The van der Waals surface area contributed by atoms with Crippen LogP contribution in [0.4, 0.5) is 52.7 Å². The molecule has 0 amide bonds. The first kappa shape index (κ1) is 19.8. The summed E-state index contributed by atoms with van der Waals surface area (Å²) in [6, 6.07) is 0. The molecule has 0 spiro atoms. The maximum Gasteiger partial charge on any atom is 0.493 e. The van der Waals surface area contributed by atoms with Crippen molar-refractivity contribution < 1.29 is 67.0 Å². The highest BCUT2D eigenvalue weighted by Gasteiger charge is 2.80. The lowest BCUT2D eigenvalue weighted by atomic mass is 9.93. The highest BCUT2D eigenvalue weighted by Crippen LogP contribution is 2.54. The quantitative estimate of drug-likeness (QED) is 0.708. The molecule has 1 unspecified atom stereocenters. The molecular weight excluding hydrogens is 372 g/mol. The number of alkyl halides is 12. The van der Waals surface area contributed by atoms with Gasteiger partial charge in [0, 0.05) is 0 Å². The van der Waals surface area contributed by atoms with Crippen LogP contribution in [0.2, 0.25) is 0 Å². The van der Waals surface area contributed by atoms with Gasteiger partial charge >= 0.3 is 36.3 Å². The zero-order valence-corrected chi connectivity index (χ0v) is 9.97. The van der Waals surface area contributed by atoms with Gasteiger partial charge in [-0.25, -0.2) is 18.3 Å². The van der Waals surface area contributed by atoms with Crippen molar-refractivity contribution in [1.82, 2.24) is 0 Å². The van der Waals surface area contributed by atoms with Gasteiger partial charge in [0.05, 0.1) is 6.42 Å². The van der Waals surface area contributed by atoms with E-state index in [1.165, 1.54) is 0 Å². The molecule has 1 aliphatic rings. The van der Waals surface area contributed by atoms with Crippen LogP contribution in [0.5, 0.6) is 0 Å². The van der Waals surface area contributed by atoms with E-state index in [1.54, 1.807) is 0 Å². The van der Waals surface area contributed by atoms with Gasteiger partial charge in [-0.1, -0.05) is 0 Å². The second-order valence-corrected chi connectivity index (χ2v) is 4.17. The SMILES string of the molecule is O=C(CC1(F)OC(F)(F)OC1(F)F)C(F)(C(F)(F)F)C(F)(F)F. The Morgan fingerprint density at radius 3 is 1.43 bits per heavy atom. The van der Waals surface area contributed by atoms with Crippen molar-refractivity contribution in [3.63, 3.8) is 0 Å². The van der Waals surface area contributed by atoms with Crippen molar-refractivity contribution in [3.8, 4) is 0 Å². The van der Waals surface area contributed by atoms with Crippen molar-refractivity contribution in [3.05, 3.63) is 0 Å². The summed E-state index contributed by atoms with van der Waals surface area (Å²) in [5.74, 6) is -9.32. The smallest absolute Gasteiger partial charge is 0.295 e. The van der Waals surface area contributed by atoms with Gasteiger partial charge in [0.15, 0.2) is 5.78 Å². The maximum absolute atomic E-state index is 13.4. The van der Waals surface area contributed by atoms with E-state index in [4.69, 9.17) is 0 Å². The highest BCUT2D eigenvalue weighted by molar-refractivity contribution is 5.90. The van der Waals surface area contributed by atoms with Crippen molar-refractivity contribution in [2.24, 2.45) is 0 Å². The third-order valence-corrected chi connectivity index (χ3v) is 2.52. The molecule has 0 aromatic rings. The molecule has 136 valence electrons. The average Bonchev–Trinajstić information content (AvgIpc) is 2.37. The molecule has 0 aliphatic carbocycles. The van der Waals surface area contributed by atoms with Gasteiger partial charge < -0.3 is 0 Å². The number of carbonyl (C=O) groups is 1. The predicted octanol–water partition coefficient (Wildman–Crippen LogP) is 3.63. The van der Waals surface area contributed by atoms with Crippen molar-refractivity contribution in [2.75, 3.05) is 0 Å². The average molecular weight is 374 g/mol. The summed E-state index contributed by atoms with van der Waals surface area (Å²) >= 11 is 0. The first-order valence-electron chi connectivity index (χ1n) is 5.00. The summed E-state index contributed by atoms with van der Waals surface area (Å²) < 4.78 is 155. The number of hydrogen-bond acceptors (Lipinski definition) is 3. The Labute approximate surface area is 117 Å². The number of halogens is 12. The second kappa shape index (κ2) is 4.87. The van der Waals surface area contributed by atoms with E-state index in [0.29, 0.717) is 0 Å². The fourth-order valence-corrected chi connectivity index (χ4v) is 1.44. The van der Waals surface area contributed by atoms with Crippen LogP contribution >= 0.6 is 0 Å². The van der Waals surface area contributed by atoms with E-state index in [1.807, 2.05) is 0 Å². The van der Waals surface area contributed by atoms with Crippen molar-refractivity contribution in [1.29, 1.82) is 0 Å². The fourth-order valence-electron chi connectivity index (χ4n) is 1.44. The molecule has 0 radical (unpaired) electrons. The Hall–Kier alpha value is -1.25. The molecule has 3 nitrogen and oxygen atoms in total. The van der Waals surface area contributed by atoms with E-state index < -0.39 is 48.5 Å². The molecule has 1 rings (SSSR count). The number of carbonyl (C=O) groups excluding carboxylic acids is 1. The minimum atomic E-state index is -7.03. The number of ketones is 1. The van der Waals surface area contributed by atoms with Gasteiger partial charge in [-0.05, 0) is 0 Å². The van der Waals surface area contributed by atoms with Gasteiger partial charge in [0.1, 0.15) is 0 Å². The molecule has 1 aliphatic heterocycles. The van der Waals surface area contributed by atoms with Crippen LogP contribution in [0.25, 0.3) is 0 Å². The Bertz CT molecular complexity index is 480. The lowest BCUT2D eigenvalue weighted by molar-refractivity contribution is -0.386. The van der Waals surface area contributed by atoms with Crippen LogP contribution in [0.3, 0.4) is 0 Å². The number of ether oxygens (including phenoxy) is 2. The Balaban J connectivity index is 3.25. The summed E-state index contributed by atoms with van der Waals surface area (Å²) in [6.07, 6.45) is -28.7. The zero-order valence-electron chi connectivity index (χ0n) is 9.97. The third-order valence-electron chi connectivity index (χ3n) is 2.52. The van der Waals surface area contributed by atoms with E-state index in [0.717, 1.165) is 0 Å². The largest absolute Gasteiger partial charge is 0.493 e. The Morgan fingerprint density at radius 1 is 0.783 bits per heavy atom. The molecule has 0 aromatic carbocycles. The first-order chi connectivity index (χ1) is 9.79. The maximum atomic E-state index is 13.4. The van der Waals surface area contributed by atoms with Crippen molar-refractivity contribution >= 4 is 5.78 Å². The van der Waals surface area contributed by atoms with Gasteiger partial charge in [-0.2, -0.15) is 35.1 Å². The van der Waals surface area contributed by atoms with Crippen LogP contribution in [0.1, 0.15) is 6.42 Å². The van der Waals surface area contributed by atoms with Crippen LogP contribution in [0, 0.1) is 0 Å². The highest BCUT2D eigenvalue weighted by atomic mass is 19.4. The first-order valence-corrected chi connectivity index (χ1v) is 5.00. The summed E-state index contributed by atoms with van der Waals surface area (Å²) in [6.45, 7) is 0. The van der Waals surface area contributed by atoms with E-state index in [2.05, 4.69) is 9.47 Å². The summed E-state index contributed by atoms with van der Waals surface area (Å²) in [5, 5.41) is 0. The minimum absolute atomic E-state index is 2.34. The number of rotatable bonds is 3.